The van der Waals surface area contributed by atoms with Crippen molar-refractivity contribution in [1.82, 2.24) is 0 Å². The molecular formula is C14H17NO5. The second-order valence-corrected chi connectivity index (χ2v) is 4.22. The molecule has 0 aliphatic carbocycles. The summed E-state index contributed by atoms with van der Waals surface area (Å²) in [4.78, 5) is 21.9. The molecule has 108 valence electrons. The van der Waals surface area contributed by atoms with Crippen molar-refractivity contribution >= 4 is 11.7 Å². The molecule has 1 unspecified atom stereocenters. The summed E-state index contributed by atoms with van der Waals surface area (Å²) in [6.07, 6.45) is 1.57. The number of ether oxygens (including phenoxy) is 2. The van der Waals surface area contributed by atoms with Crippen LogP contribution in [0, 0.1) is 17.0 Å². The number of nitro benzene ring substituents is 1. The Morgan fingerprint density at radius 2 is 2.25 bits per heavy atom. The summed E-state index contributed by atoms with van der Waals surface area (Å²) in [5.41, 5.74) is 0.515. The first kappa shape index (κ1) is 15.8. The number of hydrogen-bond acceptors (Lipinski definition) is 5. The van der Waals surface area contributed by atoms with Crippen molar-refractivity contribution in [2.24, 2.45) is 0 Å². The summed E-state index contributed by atoms with van der Waals surface area (Å²) in [6.45, 7) is 7.19. The Bertz CT molecular complexity index is 512. The van der Waals surface area contributed by atoms with Crippen LogP contribution in [0.25, 0.3) is 0 Å². The van der Waals surface area contributed by atoms with Crippen LogP contribution in [0.1, 0.15) is 18.9 Å². The highest BCUT2D eigenvalue weighted by Crippen LogP contribution is 2.24. The summed E-state index contributed by atoms with van der Waals surface area (Å²) >= 11 is 0. The Balaban J connectivity index is 2.71. The standard InChI is InChI=1S/C14H17NO5/c1-4-5-8-19-11(3)14(16)20-13-9-12(15(17)18)7-6-10(13)2/h4,6-7,9,11H,1,5,8H2,2-3H3. The molecule has 0 saturated carbocycles. The number of aryl methyl sites for hydroxylation is 1. The van der Waals surface area contributed by atoms with Gasteiger partial charge in [-0.1, -0.05) is 6.08 Å². The third kappa shape index (κ3) is 4.47. The van der Waals surface area contributed by atoms with Gasteiger partial charge in [0.15, 0.2) is 6.10 Å². The van der Waals surface area contributed by atoms with E-state index in [4.69, 9.17) is 9.47 Å². The number of nitrogens with zero attached hydrogens (tertiary/aromatic N) is 1. The smallest absolute Gasteiger partial charge is 0.340 e. The van der Waals surface area contributed by atoms with Gasteiger partial charge in [-0.15, -0.1) is 6.58 Å². The van der Waals surface area contributed by atoms with E-state index in [-0.39, 0.29) is 11.4 Å². The lowest BCUT2D eigenvalue weighted by Crippen LogP contribution is -2.26. The van der Waals surface area contributed by atoms with Gasteiger partial charge in [-0.25, -0.2) is 4.79 Å². The second kappa shape index (κ2) is 7.40. The molecule has 0 amide bonds. The van der Waals surface area contributed by atoms with E-state index in [1.54, 1.807) is 19.9 Å². The lowest BCUT2D eigenvalue weighted by Gasteiger charge is -2.13. The van der Waals surface area contributed by atoms with Crippen molar-refractivity contribution in [1.29, 1.82) is 0 Å². The molecule has 0 aliphatic rings. The van der Waals surface area contributed by atoms with Gasteiger partial charge in [0.2, 0.25) is 0 Å². The van der Waals surface area contributed by atoms with Crippen LogP contribution >= 0.6 is 0 Å². The fourth-order valence-corrected chi connectivity index (χ4v) is 1.40. The normalized spacial score (nSPS) is 11.7. The van der Waals surface area contributed by atoms with Crippen molar-refractivity contribution in [3.05, 3.63) is 46.5 Å². The van der Waals surface area contributed by atoms with E-state index >= 15 is 0 Å². The van der Waals surface area contributed by atoms with Gasteiger partial charge in [0, 0.05) is 6.07 Å². The number of benzene rings is 1. The zero-order chi connectivity index (χ0) is 15.1. The fraction of sp³-hybridized carbons (Fsp3) is 0.357. The number of non-ortho nitro benzene ring substituents is 1. The van der Waals surface area contributed by atoms with Crippen LogP contribution in [0.15, 0.2) is 30.9 Å². The first-order chi connectivity index (χ1) is 9.45. The molecule has 0 aliphatic heterocycles. The molecule has 0 fully saturated rings. The summed E-state index contributed by atoms with van der Waals surface area (Å²) in [6, 6.07) is 4.12. The maximum absolute atomic E-state index is 11.8. The van der Waals surface area contributed by atoms with Crippen LogP contribution in [0.5, 0.6) is 5.75 Å². The zero-order valence-electron chi connectivity index (χ0n) is 11.5. The topological polar surface area (TPSA) is 78.7 Å². The van der Waals surface area contributed by atoms with Gasteiger partial charge in [-0.3, -0.25) is 10.1 Å². The maximum atomic E-state index is 11.8. The molecule has 6 nitrogen and oxygen atoms in total. The monoisotopic (exact) mass is 279 g/mol. The number of carbonyl (C=O) groups is 1. The fourth-order valence-electron chi connectivity index (χ4n) is 1.40. The molecule has 1 aromatic rings. The van der Waals surface area contributed by atoms with Gasteiger partial charge >= 0.3 is 5.97 Å². The molecule has 1 atom stereocenters. The first-order valence-corrected chi connectivity index (χ1v) is 6.15. The van der Waals surface area contributed by atoms with Crippen molar-refractivity contribution in [2.45, 2.75) is 26.4 Å². The SMILES string of the molecule is C=CCCOC(C)C(=O)Oc1cc([N+](=O)[O-])ccc1C. The molecule has 1 rings (SSSR count). The summed E-state index contributed by atoms with van der Waals surface area (Å²) < 4.78 is 10.4. The van der Waals surface area contributed by atoms with Crippen LogP contribution in [-0.2, 0) is 9.53 Å². The van der Waals surface area contributed by atoms with E-state index < -0.39 is 17.0 Å². The summed E-state index contributed by atoms with van der Waals surface area (Å²) in [7, 11) is 0. The maximum Gasteiger partial charge on any atom is 0.340 e. The lowest BCUT2D eigenvalue weighted by atomic mass is 10.2. The van der Waals surface area contributed by atoms with E-state index in [2.05, 4.69) is 6.58 Å². The molecule has 0 aromatic heterocycles. The number of rotatable bonds is 7. The van der Waals surface area contributed by atoms with Crippen molar-refractivity contribution in [3.8, 4) is 5.75 Å². The Kier molecular flexibility index (Phi) is 5.86. The Morgan fingerprint density at radius 3 is 2.85 bits per heavy atom. The molecule has 20 heavy (non-hydrogen) atoms. The molecule has 6 heteroatoms. The van der Waals surface area contributed by atoms with E-state index in [9.17, 15) is 14.9 Å². The van der Waals surface area contributed by atoms with Gasteiger partial charge in [-0.05, 0) is 31.9 Å². The summed E-state index contributed by atoms with van der Waals surface area (Å²) in [5, 5.41) is 10.7. The first-order valence-electron chi connectivity index (χ1n) is 6.15. The zero-order valence-corrected chi connectivity index (χ0v) is 11.5. The van der Waals surface area contributed by atoms with Gasteiger partial charge in [0.1, 0.15) is 5.75 Å². The molecule has 0 bridgehead atoms. The van der Waals surface area contributed by atoms with E-state index in [0.29, 0.717) is 18.6 Å². The minimum Gasteiger partial charge on any atom is -0.424 e. The van der Waals surface area contributed by atoms with Crippen LogP contribution in [0.3, 0.4) is 0 Å². The third-order valence-corrected chi connectivity index (χ3v) is 2.61. The Hall–Kier alpha value is -2.21. The van der Waals surface area contributed by atoms with Crippen LogP contribution in [0.4, 0.5) is 5.69 Å². The minimum atomic E-state index is -0.742. The van der Waals surface area contributed by atoms with E-state index in [0.717, 1.165) is 0 Å². The molecule has 0 N–H and O–H groups in total. The van der Waals surface area contributed by atoms with Crippen LogP contribution < -0.4 is 4.74 Å². The Labute approximate surface area is 117 Å². The third-order valence-electron chi connectivity index (χ3n) is 2.61. The number of carbonyl (C=O) groups excluding carboxylic acids is 1. The largest absolute Gasteiger partial charge is 0.424 e. The summed E-state index contributed by atoms with van der Waals surface area (Å²) in [5.74, 6) is -0.416. The molecule has 0 radical (unpaired) electrons. The molecule has 1 aromatic carbocycles. The average molecular weight is 279 g/mol. The molecule has 0 saturated heterocycles. The minimum absolute atomic E-state index is 0.126. The highest BCUT2D eigenvalue weighted by Gasteiger charge is 2.18. The van der Waals surface area contributed by atoms with Crippen molar-refractivity contribution < 1.29 is 19.2 Å². The highest BCUT2D eigenvalue weighted by molar-refractivity contribution is 5.77. The number of esters is 1. The average Bonchev–Trinajstić information content (AvgIpc) is 2.41. The lowest BCUT2D eigenvalue weighted by molar-refractivity contribution is -0.384. The van der Waals surface area contributed by atoms with Crippen molar-refractivity contribution in [2.75, 3.05) is 6.61 Å². The van der Waals surface area contributed by atoms with Gasteiger partial charge in [0.05, 0.1) is 17.6 Å². The van der Waals surface area contributed by atoms with Gasteiger partial charge in [-0.2, -0.15) is 0 Å². The highest BCUT2D eigenvalue weighted by atomic mass is 16.6. The second-order valence-electron chi connectivity index (χ2n) is 4.22. The van der Waals surface area contributed by atoms with E-state index in [1.165, 1.54) is 18.2 Å². The number of hydrogen-bond donors (Lipinski definition) is 0. The molecule has 0 spiro atoms. The van der Waals surface area contributed by atoms with E-state index in [1.807, 2.05) is 0 Å². The van der Waals surface area contributed by atoms with Crippen molar-refractivity contribution in [3.63, 3.8) is 0 Å². The quantitative estimate of drug-likeness (QED) is 0.191. The van der Waals surface area contributed by atoms with Crippen LogP contribution in [0.2, 0.25) is 0 Å². The number of nitro groups is 1. The van der Waals surface area contributed by atoms with Gasteiger partial charge in [0.25, 0.3) is 5.69 Å². The predicted octanol–water partition coefficient (Wildman–Crippen LogP) is 2.79. The van der Waals surface area contributed by atoms with Gasteiger partial charge < -0.3 is 9.47 Å². The van der Waals surface area contributed by atoms with Crippen LogP contribution in [-0.4, -0.2) is 23.6 Å². The Morgan fingerprint density at radius 1 is 1.55 bits per heavy atom. The molecular weight excluding hydrogens is 262 g/mol. The molecule has 0 heterocycles. The predicted molar refractivity (Wildman–Crippen MR) is 73.7 cm³/mol.